The first-order valence-electron chi connectivity index (χ1n) is 6.03. The van der Waals surface area contributed by atoms with Crippen LogP contribution in [0, 0.1) is 0 Å². The summed E-state index contributed by atoms with van der Waals surface area (Å²) in [7, 11) is 0. The quantitative estimate of drug-likeness (QED) is 0.806. The van der Waals surface area contributed by atoms with Crippen molar-refractivity contribution in [1.82, 2.24) is 10.4 Å². The van der Waals surface area contributed by atoms with Crippen LogP contribution in [0.15, 0.2) is 30.3 Å². The van der Waals surface area contributed by atoms with Gasteiger partial charge in [0.2, 0.25) is 0 Å². The van der Waals surface area contributed by atoms with E-state index in [0.717, 1.165) is 31.5 Å². The molecule has 1 aliphatic heterocycles. The normalized spacial score (nSPS) is 18.1. The molecule has 2 rings (SSSR count). The Morgan fingerprint density at radius 3 is 2.53 bits per heavy atom. The first-order chi connectivity index (χ1) is 8.25. The molecular formula is C13H18N2O2. The number of carboxylic acids is 1. The molecule has 0 amide bonds. The summed E-state index contributed by atoms with van der Waals surface area (Å²) in [6, 6.07) is 9.19. The Morgan fingerprint density at radius 2 is 1.94 bits per heavy atom. The van der Waals surface area contributed by atoms with Crippen molar-refractivity contribution in [3.63, 3.8) is 0 Å². The van der Waals surface area contributed by atoms with Crippen molar-refractivity contribution in [2.45, 2.75) is 25.3 Å². The standard InChI is InChI=1S/C13H18N2O2/c16-13(17)12(14-15-8-4-5-9-15)10-11-6-2-1-3-7-11/h1-3,6-7,12,14H,4-5,8-10H2,(H,16,17). The van der Waals surface area contributed by atoms with Crippen LogP contribution in [0.3, 0.4) is 0 Å². The minimum absolute atomic E-state index is 0.521. The highest BCUT2D eigenvalue weighted by Gasteiger charge is 2.22. The lowest BCUT2D eigenvalue weighted by Gasteiger charge is -2.22. The second kappa shape index (κ2) is 5.80. The van der Waals surface area contributed by atoms with Crippen molar-refractivity contribution in [3.8, 4) is 0 Å². The Labute approximate surface area is 101 Å². The molecule has 1 atom stereocenters. The first kappa shape index (κ1) is 12.1. The molecule has 4 nitrogen and oxygen atoms in total. The fraction of sp³-hybridized carbons (Fsp3) is 0.462. The monoisotopic (exact) mass is 234 g/mol. The van der Waals surface area contributed by atoms with Crippen LogP contribution in [0.5, 0.6) is 0 Å². The van der Waals surface area contributed by atoms with Crippen molar-refractivity contribution in [2.24, 2.45) is 0 Å². The molecule has 92 valence electrons. The Balaban J connectivity index is 1.95. The molecule has 1 heterocycles. The highest BCUT2D eigenvalue weighted by molar-refractivity contribution is 5.73. The van der Waals surface area contributed by atoms with Crippen molar-refractivity contribution in [2.75, 3.05) is 13.1 Å². The lowest BCUT2D eigenvalue weighted by atomic mass is 10.1. The lowest BCUT2D eigenvalue weighted by molar-refractivity contribution is -0.141. The fourth-order valence-electron chi connectivity index (χ4n) is 2.10. The van der Waals surface area contributed by atoms with Crippen LogP contribution in [-0.2, 0) is 11.2 Å². The Kier molecular flexibility index (Phi) is 4.12. The lowest BCUT2D eigenvalue weighted by Crippen LogP contribution is -2.48. The van der Waals surface area contributed by atoms with Crippen molar-refractivity contribution >= 4 is 5.97 Å². The van der Waals surface area contributed by atoms with E-state index in [-0.39, 0.29) is 0 Å². The van der Waals surface area contributed by atoms with Gasteiger partial charge in [0.05, 0.1) is 0 Å². The van der Waals surface area contributed by atoms with E-state index in [2.05, 4.69) is 5.43 Å². The Hall–Kier alpha value is -1.39. The van der Waals surface area contributed by atoms with E-state index >= 15 is 0 Å². The van der Waals surface area contributed by atoms with Crippen LogP contribution in [0.2, 0.25) is 0 Å². The molecule has 0 spiro atoms. The summed E-state index contributed by atoms with van der Waals surface area (Å²) >= 11 is 0. The maximum absolute atomic E-state index is 11.2. The van der Waals surface area contributed by atoms with Crippen LogP contribution in [0.1, 0.15) is 18.4 Å². The summed E-state index contributed by atoms with van der Waals surface area (Å²) in [6.07, 6.45) is 2.81. The van der Waals surface area contributed by atoms with Gasteiger partial charge in [-0.25, -0.2) is 10.4 Å². The van der Waals surface area contributed by atoms with Crippen LogP contribution >= 0.6 is 0 Å². The van der Waals surface area contributed by atoms with Gasteiger partial charge in [0.25, 0.3) is 0 Å². The molecule has 0 radical (unpaired) electrons. The van der Waals surface area contributed by atoms with Gasteiger partial charge in [-0.2, -0.15) is 0 Å². The molecule has 0 aromatic heterocycles. The molecular weight excluding hydrogens is 216 g/mol. The molecule has 1 saturated heterocycles. The predicted molar refractivity (Wildman–Crippen MR) is 65.5 cm³/mol. The zero-order chi connectivity index (χ0) is 12.1. The van der Waals surface area contributed by atoms with Gasteiger partial charge in [0.1, 0.15) is 6.04 Å². The number of benzene rings is 1. The average Bonchev–Trinajstić information content (AvgIpc) is 2.82. The number of nitrogens with zero attached hydrogens (tertiary/aromatic N) is 1. The smallest absolute Gasteiger partial charge is 0.322 e. The van der Waals surface area contributed by atoms with E-state index in [0.29, 0.717) is 6.42 Å². The summed E-state index contributed by atoms with van der Waals surface area (Å²) in [5.74, 6) is -0.791. The number of hydrogen-bond acceptors (Lipinski definition) is 3. The van der Waals surface area contributed by atoms with E-state index in [1.54, 1.807) is 0 Å². The number of nitrogens with one attached hydrogen (secondary N) is 1. The van der Waals surface area contributed by atoms with Crippen LogP contribution in [0.25, 0.3) is 0 Å². The van der Waals surface area contributed by atoms with E-state index in [4.69, 9.17) is 0 Å². The van der Waals surface area contributed by atoms with Crippen molar-refractivity contribution < 1.29 is 9.90 Å². The third-order valence-corrected chi connectivity index (χ3v) is 3.03. The topological polar surface area (TPSA) is 52.6 Å². The van der Waals surface area contributed by atoms with Gasteiger partial charge in [-0.3, -0.25) is 4.79 Å². The molecule has 0 saturated carbocycles. The molecule has 1 fully saturated rings. The highest BCUT2D eigenvalue weighted by atomic mass is 16.4. The number of hydrazine groups is 1. The Morgan fingerprint density at radius 1 is 1.29 bits per heavy atom. The highest BCUT2D eigenvalue weighted by Crippen LogP contribution is 2.08. The van der Waals surface area contributed by atoms with Gasteiger partial charge in [-0.05, 0) is 24.8 Å². The van der Waals surface area contributed by atoms with Gasteiger partial charge in [-0.15, -0.1) is 0 Å². The van der Waals surface area contributed by atoms with Gasteiger partial charge >= 0.3 is 5.97 Å². The summed E-state index contributed by atoms with van der Waals surface area (Å²) in [5.41, 5.74) is 4.15. The van der Waals surface area contributed by atoms with E-state index in [1.807, 2.05) is 35.3 Å². The number of aliphatic carboxylic acids is 1. The van der Waals surface area contributed by atoms with Gasteiger partial charge in [-0.1, -0.05) is 30.3 Å². The molecule has 0 bridgehead atoms. The van der Waals surface area contributed by atoms with Crippen LogP contribution in [0.4, 0.5) is 0 Å². The van der Waals surface area contributed by atoms with Gasteiger partial charge in [0, 0.05) is 13.1 Å². The predicted octanol–water partition coefficient (Wildman–Crippen LogP) is 1.28. The fourth-order valence-corrected chi connectivity index (χ4v) is 2.10. The zero-order valence-corrected chi connectivity index (χ0v) is 9.80. The maximum atomic E-state index is 11.2. The average molecular weight is 234 g/mol. The number of carboxylic acid groups (broad SMARTS) is 1. The van der Waals surface area contributed by atoms with Crippen molar-refractivity contribution in [3.05, 3.63) is 35.9 Å². The maximum Gasteiger partial charge on any atom is 0.322 e. The first-order valence-corrected chi connectivity index (χ1v) is 6.03. The van der Waals surface area contributed by atoms with Crippen molar-refractivity contribution in [1.29, 1.82) is 0 Å². The minimum atomic E-state index is -0.791. The number of carbonyl (C=O) groups is 1. The van der Waals surface area contributed by atoms with Gasteiger partial charge in [0.15, 0.2) is 0 Å². The summed E-state index contributed by atoms with van der Waals surface area (Å²) in [5, 5.41) is 11.2. The third-order valence-electron chi connectivity index (χ3n) is 3.03. The molecule has 1 aliphatic rings. The largest absolute Gasteiger partial charge is 0.480 e. The molecule has 2 N–H and O–H groups in total. The number of hydrogen-bond donors (Lipinski definition) is 2. The second-order valence-corrected chi connectivity index (χ2v) is 4.40. The number of rotatable bonds is 5. The van der Waals surface area contributed by atoms with Crippen LogP contribution < -0.4 is 5.43 Å². The molecule has 1 unspecified atom stereocenters. The minimum Gasteiger partial charge on any atom is -0.480 e. The van der Waals surface area contributed by atoms with E-state index in [9.17, 15) is 9.90 Å². The summed E-state index contributed by atoms with van der Waals surface area (Å²) in [6.45, 7) is 1.89. The zero-order valence-electron chi connectivity index (χ0n) is 9.80. The molecule has 4 heteroatoms. The third kappa shape index (κ3) is 3.54. The molecule has 1 aromatic carbocycles. The van der Waals surface area contributed by atoms with E-state index < -0.39 is 12.0 Å². The molecule has 0 aliphatic carbocycles. The Bertz CT molecular complexity index is 361. The van der Waals surface area contributed by atoms with E-state index in [1.165, 1.54) is 0 Å². The van der Waals surface area contributed by atoms with Gasteiger partial charge < -0.3 is 5.11 Å². The van der Waals surface area contributed by atoms with Crippen LogP contribution in [-0.4, -0.2) is 35.2 Å². The molecule has 17 heavy (non-hydrogen) atoms. The second-order valence-electron chi connectivity index (χ2n) is 4.40. The summed E-state index contributed by atoms with van der Waals surface area (Å²) in [4.78, 5) is 11.2. The molecule has 1 aromatic rings. The SMILES string of the molecule is O=C(O)C(Cc1ccccc1)NN1CCCC1. The summed E-state index contributed by atoms with van der Waals surface area (Å²) < 4.78 is 0.